The highest BCUT2D eigenvalue weighted by Gasteiger charge is 2.21. The fourth-order valence-corrected chi connectivity index (χ4v) is 4.44. The Labute approximate surface area is 197 Å². The lowest BCUT2D eigenvalue weighted by atomic mass is 10.0. The van der Waals surface area contributed by atoms with E-state index in [4.69, 9.17) is 28.2 Å². The number of nitrogens with zero attached hydrogens (tertiary/aromatic N) is 4. The Morgan fingerprint density at radius 3 is 2.56 bits per heavy atom. The fourth-order valence-electron chi connectivity index (χ4n) is 3.93. The first-order valence-electron chi connectivity index (χ1n) is 10.4. The van der Waals surface area contributed by atoms with E-state index in [-0.39, 0.29) is 5.91 Å². The maximum atomic E-state index is 13.6. The number of aromatic nitrogens is 3. The molecule has 0 unspecified atom stereocenters. The number of carbonyl (C=O) groups is 1. The molecule has 0 spiro atoms. The van der Waals surface area contributed by atoms with Crippen LogP contribution in [0.5, 0.6) is 0 Å². The first-order chi connectivity index (χ1) is 15.3. The van der Waals surface area contributed by atoms with Gasteiger partial charge >= 0.3 is 0 Å². The van der Waals surface area contributed by atoms with Crippen LogP contribution in [0.2, 0.25) is 10.0 Å². The van der Waals surface area contributed by atoms with Gasteiger partial charge in [0.2, 0.25) is 0 Å². The summed E-state index contributed by atoms with van der Waals surface area (Å²) in [6, 6.07) is 13.0. The molecule has 164 valence electrons. The van der Waals surface area contributed by atoms with E-state index in [1.165, 1.54) is 0 Å². The van der Waals surface area contributed by atoms with E-state index in [0.717, 1.165) is 39.8 Å². The molecule has 2 aromatic heterocycles. The summed E-state index contributed by atoms with van der Waals surface area (Å²) in [5.41, 5.74) is 5.68. The van der Waals surface area contributed by atoms with Gasteiger partial charge in [0.15, 0.2) is 0 Å². The van der Waals surface area contributed by atoms with Crippen molar-refractivity contribution in [1.82, 2.24) is 19.7 Å². The molecule has 4 rings (SSSR count). The molecule has 7 heteroatoms. The van der Waals surface area contributed by atoms with Crippen molar-refractivity contribution < 1.29 is 4.79 Å². The van der Waals surface area contributed by atoms with Crippen molar-refractivity contribution in [2.24, 2.45) is 0 Å². The van der Waals surface area contributed by atoms with E-state index in [1.54, 1.807) is 24.1 Å². The number of aryl methyl sites for hydroxylation is 2. The molecule has 2 heterocycles. The third kappa shape index (κ3) is 4.10. The van der Waals surface area contributed by atoms with Crippen LogP contribution in [-0.2, 0) is 13.1 Å². The Morgan fingerprint density at radius 2 is 1.88 bits per heavy atom. The maximum Gasteiger partial charge on any atom is 0.254 e. The van der Waals surface area contributed by atoms with Crippen LogP contribution in [0, 0.1) is 13.8 Å². The van der Waals surface area contributed by atoms with Crippen LogP contribution in [0.15, 0.2) is 48.7 Å². The SMILES string of the molecule is CCn1ncc(CN(C)C(=O)c2cc(-c3ccccc3Cl)nc3c(C)cc(Cl)cc23)c1C. The van der Waals surface area contributed by atoms with E-state index >= 15 is 0 Å². The van der Waals surface area contributed by atoms with Crippen LogP contribution in [0.4, 0.5) is 0 Å². The van der Waals surface area contributed by atoms with Gasteiger partial charge in [-0.05, 0) is 50.6 Å². The summed E-state index contributed by atoms with van der Waals surface area (Å²) in [5.74, 6) is -0.115. The van der Waals surface area contributed by atoms with Gasteiger partial charge in [-0.3, -0.25) is 9.48 Å². The molecule has 0 aliphatic rings. The lowest BCUT2D eigenvalue weighted by Crippen LogP contribution is -2.27. The Bertz CT molecular complexity index is 1330. The molecule has 0 radical (unpaired) electrons. The smallest absolute Gasteiger partial charge is 0.254 e. The highest BCUT2D eigenvalue weighted by molar-refractivity contribution is 6.33. The second kappa shape index (κ2) is 8.93. The number of halogens is 2. The average molecular weight is 467 g/mol. The minimum atomic E-state index is -0.115. The molecule has 1 amide bonds. The largest absolute Gasteiger partial charge is 0.337 e. The first-order valence-corrected chi connectivity index (χ1v) is 11.2. The van der Waals surface area contributed by atoms with Crippen LogP contribution >= 0.6 is 23.2 Å². The first kappa shape index (κ1) is 22.3. The molecule has 0 N–H and O–H groups in total. The summed E-state index contributed by atoms with van der Waals surface area (Å²) < 4.78 is 1.92. The summed E-state index contributed by atoms with van der Waals surface area (Å²) >= 11 is 12.8. The lowest BCUT2D eigenvalue weighted by Gasteiger charge is -2.19. The highest BCUT2D eigenvalue weighted by Crippen LogP contribution is 2.33. The van der Waals surface area contributed by atoms with Gasteiger partial charge in [-0.1, -0.05) is 41.4 Å². The number of hydrogen-bond donors (Lipinski definition) is 0. The summed E-state index contributed by atoms with van der Waals surface area (Å²) in [6.45, 7) is 7.25. The lowest BCUT2D eigenvalue weighted by molar-refractivity contribution is 0.0787. The maximum absolute atomic E-state index is 13.6. The van der Waals surface area contributed by atoms with Gasteiger partial charge in [-0.15, -0.1) is 0 Å². The number of rotatable bonds is 5. The van der Waals surface area contributed by atoms with Crippen LogP contribution in [0.1, 0.15) is 34.1 Å². The molecule has 2 aromatic carbocycles. The summed E-state index contributed by atoms with van der Waals surface area (Å²) in [5, 5.41) is 6.27. The van der Waals surface area contributed by atoms with Crippen molar-refractivity contribution in [1.29, 1.82) is 0 Å². The average Bonchev–Trinajstić information content (AvgIpc) is 3.12. The van der Waals surface area contributed by atoms with Crippen molar-refractivity contribution in [3.05, 3.63) is 81.1 Å². The molecule has 5 nitrogen and oxygen atoms in total. The number of pyridine rings is 1. The van der Waals surface area contributed by atoms with Crippen LogP contribution < -0.4 is 0 Å². The molecular formula is C25H24Cl2N4O. The van der Waals surface area contributed by atoms with Gasteiger partial charge in [0.1, 0.15) is 0 Å². The van der Waals surface area contributed by atoms with E-state index in [9.17, 15) is 4.79 Å². The third-order valence-electron chi connectivity index (χ3n) is 5.71. The van der Waals surface area contributed by atoms with Gasteiger partial charge in [0.05, 0.1) is 23.0 Å². The van der Waals surface area contributed by atoms with E-state index in [1.807, 2.05) is 62.0 Å². The molecule has 32 heavy (non-hydrogen) atoms. The molecule has 0 saturated carbocycles. The number of amides is 1. The molecule has 0 fully saturated rings. The minimum Gasteiger partial charge on any atom is -0.337 e. The normalized spacial score (nSPS) is 11.2. The summed E-state index contributed by atoms with van der Waals surface area (Å²) in [7, 11) is 1.80. The molecule has 0 aliphatic carbocycles. The fraction of sp³-hybridized carbons (Fsp3) is 0.240. The minimum absolute atomic E-state index is 0.115. The van der Waals surface area contributed by atoms with Gasteiger partial charge in [0.25, 0.3) is 5.91 Å². The van der Waals surface area contributed by atoms with E-state index in [2.05, 4.69) is 5.10 Å². The van der Waals surface area contributed by atoms with Crippen LogP contribution in [0.25, 0.3) is 22.2 Å². The van der Waals surface area contributed by atoms with E-state index < -0.39 is 0 Å². The zero-order valence-electron chi connectivity index (χ0n) is 18.5. The third-order valence-corrected chi connectivity index (χ3v) is 6.26. The monoisotopic (exact) mass is 466 g/mol. The van der Waals surface area contributed by atoms with Crippen molar-refractivity contribution >= 4 is 40.0 Å². The van der Waals surface area contributed by atoms with Gasteiger partial charge in [0, 0.05) is 52.4 Å². The zero-order chi connectivity index (χ0) is 23.0. The zero-order valence-corrected chi connectivity index (χ0v) is 20.0. The van der Waals surface area contributed by atoms with E-state index in [0.29, 0.717) is 27.8 Å². The molecule has 0 saturated heterocycles. The summed E-state index contributed by atoms with van der Waals surface area (Å²) in [4.78, 5) is 20.2. The molecule has 0 aliphatic heterocycles. The predicted octanol–water partition coefficient (Wildman–Crippen LogP) is 6.31. The van der Waals surface area contributed by atoms with Crippen molar-refractivity contribution in [2.75, 3.05) is 7.05 Å². The second-order valence-corrected chi connectivity index (χ2v) is 8.73. The summed E-state index contributed by atoms with van der Waals surface area (Å²) in [6.07, 6.45) is 1.82. The highest BCUT2D eigenvalue weighted by atomic mass is 35.5. The van der Waals surface area contributed by atoms with Gasteiger partial charge < -0.3 is 4.90 Å². The Balaban J connectivity index is 1.83. The van der Waals surface area contributed by atoms with Crippen molar-refractivity contribution in [2.45, 2.75) is 33.9 Å². The standard InChI is InChI=1S/C25H24Cl2N4O/c1-5-31-16(3)17(13-28-31)14-30(4)25(32)21-12-23(19-8-6-7-9-22(19)27)29-24-15(2)10-18(26)11-20(21)24/h6-13H,5,14H2,1-4H3. The number of hydrogen-bond acceptors (Lipinski definition) is 3. The molecule has 0 bridgehead atoms. The second-order valence-electron chi connectivity index (χ2n) is 7.89. The van der Waals surface area contributed by atoms with Crippen molar-refractivity contribution in [3.8, 4) is 11.3 Å². The van der Waals surface area contributed by atoms with Gasteiger partial charge in [-0.2, -0.15) is 5.10 Å². The van der Waals surface area contributed by atoms with Gasteiger partial charge in [-0.25, -0.2) is 4.98 Å². The Kier molecular flexibility index (Phi) is 6.22. The predicted molar refractivity (Wildman–Crippen MR) is 130 cm³/mol. The van der Waals surface area contributed by atoms with Crippen LogP contribution in [-0.4, -0.2) is 32.6 Å². The number of fused-ring (bicyclic) bond motifs is 1. The molecule has 0 atom stereocenters. The van der Waals surface area contributed by atoms with Crippen LogP contribution in [0.3, 0.4) is 0 Å². The Hall–Kier alpha value is -2.89. The molecular weight excluding hydrogens is 443 g/mol. The number of benzene rings is 2. The molecule has 4 aromatic rings. The number of carbonyl (C=O) groups excluding carboxylic acids is 1. The topological polar surface area (TPSA) is 51.0 Å². The Morgan fingerprint density at radius 1 is 1.12 bits per heavy atom. The van der Waals surface area contributed by atoms with Crippen molar-refractivity contribution in [3.63, 3.8) is 0 Å². The quantitative estimate of drug-likeness (QED) is 0.346.